The van der Waals surface area contributed by atoms with Crippen LogP contribution in [0.4, 0.5) is 5.69 Å². The number of ether oxygens (including phenoxy) is 1. The van der Waals surface area contributed by atoms with E-state index >= 15 is 0 Å². The van der Waals surface area contributed by atoms with E-state index in [1.165, 1.54) is 11.6 Å². The number of aliphatic carboxylic acids is 2. The number of nitro benzene ring substituents is 1. The molecule has 0 spiro atoms. The predicted octanol–water partition coefficient (Wildman–Crippen LogP) is 2.09. The van der Waals surface area contributed by atoms with Gasteiger partial charge in [-0.1, -0.05) is 30.3 Å². The molecule has 0 aliphatic heterocycles. The highest BCUT2D eigenvalue weighted by molar-refractivity contribution is 6.27. The number of carboxylic acids is 2. The number of carbonyl (C=O) groups is 2. The Morgan fingerprint density at radius 1 is 1.11 bits per heavy atom. The van der Waals surface area contributed by atoms with Crippen LogP contribution < -0.4 is 10.1 Å². The van der Waals surface area contributed by atoms with Crippen molar-refractivity contribution in [1.82, 2.24) is 5.32 Å². The molecule has 0 unspecified atom stereocenters. The summed E-state index contributed by atoms with van der Waals surface area (Å²) in [5.74, 6) is -2.81. The van der Waals surface area contributed by atoms with Gasteiger partial charge in [0.05, 0.1) is 12.0 Å². The lowest BCUT2D eigenvalue weighted by Crippen LogP contribution is -2.17. The summed E-state index contributed by atoms with van der Waals surface area (Å²) < 4.78 is 5.18. The average molecular weight is 376 g/mol. The van der Waals surface area contributed by atoms with Crippen LogP contribution >= 0.6 is 0 Å². The first kappa shape index (κ1) is 21.6. The molecular formula is C18H20N2O7. The minimum absolute atomic E-state index is 0.159. The Morgan fingerprint density at radius 2 is 1.78 bits per heavy atom. The zero-order valence-electron chi connectivity index (χ0n) is 14.6. The fourth-order valence-electron chi connectivity index (χ4n) is 2.12. The Hall–Kier alpha value is -3.46. The van der Waals surface area contributed by atoms with E-state index in [1.54, 1.807) is 19.2 Å². The number of nitrogens with one attached hydrogen (secondary N) is 1. The number of methoxy groups -OCH3 is 1. The SMILES string of the molecule is COc1cccc(CCNCc2ccccc2[N+](=O)[O-])c1.O=C(O)C(=O)O. The molecule has 2 rings (SSSR count). The molecule has 0 bridgehead atoms. The van der Waals surface area contributed by atoms with Crippen LogP contribution in [0.2, 0.25) is 0 Å². The van der Waals surface area contributed by atoms with E-state index in [4.69, 9.17) is 24.5 Å². The molecule has 0 aromatic heterocycles. The smallest absolute Gasteiger partial charge is 0.414 e. The molecule has 0 atom stereocenters. The van der Waals surface area contributed by atoms with Gasteiger partial charge in [-0.2, -0.15) is 0 Å². The molecule has 3 N–H and O–H groups in total. The second kappa shape index (κ2) is 11.2. The average Bonchev–Trinajstić information content (AvgIpc) is 2.66. The van der Waals surface area contributed by atoms with Gasteiger partial charge in [-0.05, 0) is 30.7 Å². The molecule has 27 heavy (non-hydrogen) atoms. The fraction of sp³-hybridized carbons (Fsp3) is 0.222. The minimum Gasteiger partial charge on any atom is -0.497 e. The number of nitro groups is 1. The van der Waals surface area contributed by atoms with Crippen molar-refractivity contribution in [2.45, 2.75) is 13.0 Å². The zero-order valence-corrected chi connectivity index (χ0v) is 14.6. The van der Waals surface area contributed by atoms with Crippen molar-refractivity contribution < 1.29 is 29.5 Å². The van der Waals surface area contributed by atoms with Gasteiger partial charge in [0, 0.05) is 18.2 Å². The topological polar surface area (TPSA) is 139 Å². The van der Waals surface area contributed by atoms with Crippen molar-refractivity contribution in [3.63, 3.8) is 0 Å². The Labute approximate surface area is 155 Å². The molecule has 0 amide bonds. The number of rotatable bonds is 7. The molecule has 0 radical (unpaired) electrons. The molecule has 0 fully saturated rings. The molecule has 2 aromatic rings. The molecule has 0 saturated carbocycles. The third-order valence-electron chi connectivity index (χ3n) is 3.41. The van der Waals surface area contributed by atoms with E-state index in [0.29, 0.717) is 12.1 Å². The van der Waals surface area contributed by atoms with E-state index < -0.39 is 11.9 Å². The van der Waals surface area contributed by atoms with Crippen molar-refractivity contribution in [3.05, 3.63) is 69.8 Å². The first-order valence-corrected chi connectivity index (χ1v) is 7.87. The van der Waals surface area contributed by atoms with Crippen molar-refractivity contribution >= 4 is 17.6 Å². The standard InChI is InChI=1S/C16H18N2O3.C2H2O4/c1-21-15-7-4-5-13(11-15)9-10-17-12-14-6-2-3-8-16(14)18(19)20;3-1(4)2(5)6/h2-8,11,17H,9-10,12H2,1H3;(H,3,4)(H,5,6). The van der Waals surface area contributed by atoms with Gasteiger partial charge in [0.1, 0.15) is 5.75 Å². The van der Waals surface area contributed by atoms with Crippen LogP contribution in [0.5, 0.6) is 5.75 Å². The van der Waals surface area contributed by atoms with E-state index in [9.17, 15) is 10.1 Å². The van der Waals surface area contributed by atoms with Gasteiger partial charge in [-0.15, -0.1) is 0 Å². The highest BCUT2D eigenvalue weighted by atomic mass is 16.6. The Kier molecular flexibility index (Phi) is 8.96. The van der Waals surface area contributed by atoms with E-state index in [0.717, 1.165) is 18.7 Å². The molecule has 0 aliphatic rings. The van der Waals surface area contributed by atoms with Gasteiger partial charge in [-0.25, -0.2) is 9.59 Å². The number of carboxylic acid groups (broad SMARTS) is 2. The lowest BCUT2D eigenvalue weighted by molar-refractivity contribution is -0.385. The van der Waals surface area contributed by atoms with Crippen molar-refractivity contribution in [1.29, 1.82) is 0 Å². The van der Waals surface area contributed by atoms with E-state index in [-0.39, 0.29) is 10.6 Å². The van der Waals surface area contributed by atoms with E-state index in [1.807, 2.05) is 30.3 Å². The third-order valence-corrected chi connectivity index (χ3v) is 3.41. The Bertz CT molecular complexity index is 781. The van der Waals surface area contributed by atoms with Crippen molar-refractivity contribution in [3.8, 4) is 5.75 Å². The fourth-order valence-corrected chi connectivity index (χ4v) is 2.12. The summed E-state index contributed by atoms with van der Waals surface area (Å²) in [7, 11) is 1.64. The molecular weight excluding hydrogens is 356 g/mol. The lowest BCUT2D eigenvalue weighted by Gasteiger charge is -2.07. The summed E-state index contributed by atoms with van der Waals surface area (Å²) in [6.45, 7) is 1.24. The summed E-state index contributed by atoms with van der Waals surface area (Å²) >= 11 is 0. The van der Waals surface area contributed by atoms with Crippen LogP contribution in [-0.2, 0) is 22.6 Å². The Balaban J connectivity index is 0.000000527. The quantitative estimate of drug-likeness (QED) is 0.289. The summed E-state index contributed by atoms with van der Waals surface area (Å²) in [5, 5.41) is 28.9. The molecule has 0 saturated heterocycles. The van der Waals surface area contributed by atoms with Crippen LogP contribution in [0.15, 0.2) is 48.5 Å². The summed E-state index contributed by atoms with van der Waals surface area (Å²) in [6, 6.07) is 14.7. The molecule has 9 nitrogen and oxygen atoms in total. The number of para-hydroxylation sites is 1. The van der Waals surface area contributed by atoms with Crippen molar-refractivity contribution in [2.75, 3.05) is 13.7 Å². The second-order valence-electron chi connectivity index (χ2n) is 5.27. The van der Waals surface area contributed by atoms with Crippen LogP contribution in [0.3, 0.4) is 0 Å². The van der Waals surface area contributed by atoms with E-state index in [2.05, 4.69) is 5.32 Å². The number of hydrogen-bond donors (Lipinski definition) is 3. The van der Waals surface area contributed by atoms with Gasteiger partial charge in [0.25, 0.3) is 5.69 Å². The van der Waals surface area contributed by atoms with Crippen LogP contribution in [0.25, 0.3) is 0 Å². The van der Waals surface area contributed by atoms with Crippen molar-refractivity contribution in [2.24, 2.45) is 0 Å². The zero-order chi connectivity index (χ0) is 20.2. The first-order chi connectivity index (χ1) is 12.8. The van der Waals surface area contributed by atoms with Crippen LogP contribution in [0, 0.1) is 10.1 Å². The minimum atomic E-state index is -1.82. The summed E-state index contributed by atoms with van der Waals surface area (Å²) in [6.07, 6.45) is 0.845. The first-order valence-electron chi connectivity index (χ1n) is 7.87. The van der Waals surface area contributed by atoms with Crippen LogP contribution in [0.1, 0.15) is 11.1 Å². The van der Waals surface area contributed by atoms with Gasteiger partial charge >= 0.3 is 11.9 Å². The molecule has 0 aliphatic carbocycles. The highest BCUT2D eigenvalue weighted by Gasteiger charge is 2.11. The third kappa shape index (κ3) is 7.97. The molecule has 9 heteroatoms. The monoisotopic (exact) mass is 376 g/mol. The number of nitrogens with zero attached hydrogens (tertiary/aromatic N) is 1. The maximum Gasteiger partial charge on any atom is 0.414 e. The number of benzene rings is 2. The molecule has 144 valence electrons. The van der Waals surface area contributed by atoms with Gasteiger partial charge in [-0.3, -0.25) is 10.1 Å². The maximum absolute atomic E-state index is 10.9. The second-order valence-corrected chi connectivity index (χ2v) is 5.27. The number of hydrogen-bond acceptors (Lipinski definition) is 6. The summed E-state index contributed by atoms with van der Waals surface area (Å²) in [5.41, 5.74) is 2.03. The Morgan fingerprint density at radius 3 is 2.37 bits per heavy atom. The summed E-state index contributed by atoms with van der Waals surface area (Å²) in [4.78, 5) is 28.8. The normalized spacial score (nSPS) is 9.67. The largest absolute Gasteiger partial charge is 0.497 e. The lowest BCUT2D eigenvalue weighted by atomic mass is 10.1. The molecule has 2 aromatic carbocycles. The van der Waals surface area contributed by atoms with Crippen LogP contribution in [-0.4, -0.2) is 40.7 Å². The maximum atomic E-state index is 10.9. The van der Waals surface area contributed by atoms with Gasteiger partial charge in [0.15, 0.2) is 0 Å². The van der Waals surface area contributed by atoms with Gasteiger partial charge < -0.3 is 20.3 Å². The van der Waals surface area contributed by atoms with Gasteiger partial charge in [0.2, 0.25) is 0 Å². The molecule has 0 heterocycles. The highest BCUT2D eigenvalue weighted by Crippen LogP contribution is 2.17. The predicted molar refractivity (Wildman–Crippen MR) is 96.8 cm³/mol.